The summed E-state index contributed by atoms with van der Waals surface area (Å²) in [7, 11) is -4.25. The maximum absolute atomic E-state index is 13.1. The number of furan rings is 1. The van der Waals surface area contributed by atoms with Gasteiger partial charge in [0.25, 0.3) is 15.7 Å². The quantitative estimate of drug-likeness (QED) is 0.200. The van der Waals surface area contributed by atoms with E-state index in [-0.39, 0.29) is 27.3 Å². The summed E-state index contributed by atoms with van der Waals surface area (Å²) < 4.78 is 40.0. The number of sulfonamides is 1. The molecule has 0 aliphatic carbocycles. The second-order valence-electron chi connectivity index (χ2n) is 7.81. The Bertz CT molecular complexity index is 1580. The lowest BCUT2D eigenvalue weighted by molar-refractivity contribution is -0.384. The van der Waals surface area contributed by atoms with Gasteiger partial charge in [0.05, 0.1) is 21.6 Å². The largest absolute Gasteiger partial charge is 0.460 e. The number of halogens is 1. The van der Waals surface area contributed by atoms with Gasteiger partial charge in [0.1, 0.15) is 21.9 Å². The molecular weight excluding hydrogens is 484 g/mol. The lowest BCUT2D eigenvalue weighted by Gasteiger charge is -2.12. The summed E-state index contributed by atoms with van der Waals surface area (Å²) in [5.74, 6) is -0.261. The number of esters is 1. The number of rotatable bonds is 6. The van der Waals surface area contributed by atoms with Crippen molar-refractivity contribution in [3.63, 3.8) is 0 Å². The first-order chi connectivity index (χ1) is 16.0. The summed E-state index contributed by atoms with van der Waals surface area (Å²) in [4.78, 5) is 22.9. The zero-order chi connectivity index (χ0) is 24.8. The fraction of sp³-hybridized carbons (Fsp3) is 0.174. The van der Waals surface area contributed by atoms with Gasteiger partial charge in [-0.05, 0) is 39.0 Å². The summed E-state index contributed by atoms with van der Waals surface area (Å²) in [6.07, 6.45) is -0.365. The molecule has 0 saturated heterocycles. The van der Waals surface area contributed by atoms with Crippen molar-refractivity contribution in [3.8, 4) is 0 Å². The molecule has 3 aromatic carbocycles. The third kappa shape index (κ3) is 4.17. The van der Waals surface area contributed by atoms with Gasteiger partial charge in [0, 0.05) is 22.2 Å². The highest BCUT2D eigenvalue weighted by Crippen LogP contribution is 2.38. The van der Waals surface area contributed by atoms with Crippen LogP contribution < -0.4 is 4.72 Å². The van der Waals surface area contributed by atoms with Gasteiger partial charge >= 0.3 is 5.97 Å². The number of nitro groups is 1. The number of fused-ring (bicyclic) bond motifs is 3. The Hall–Kier alpha value is -3.63. The number of nitrogens with zero attached hydrogens (tertiary/aromatic N) is 1. The van der Waals surface area contributed by atoms with Crippen molar-refractivity contribution in [2.24, 2.45) is 0 Å². The number of hydrogen-bond acceptors (Lipinski definition) is 7. The normalized spacial score (nSPS) is 11.8. The highest BCUT2D eigenvalue weighted by Gasteiger charge is 2.26. The van der Waals surface area contributed by atoms with Crippen molar-refractivity contribution in [3.05, 3.63) is 75.0 Å². The number of carbonyl (C=O) groups excluding carboxylic acids is 1. The van der Waals surface area contributed by atoms with Gasteiger partial charge in [-0.1, -0.05) is 35.9 Å². The van der Waals surface area contributed by atoms with Gasteiger partial charge in [0.2, 0.25) is 0 Å². The van der Waals surface area contributed by atoms with Crippen molar-refractivity contribution < 1.29 is 27.3 Å². The fourth-order valence-electron chi connectivity index (χ4n) is 3.65. The van der Waals surface area contributed by atoms with Crippen molar-refractivity contribution in [2.75, 3.05) is 4.72 Å². The Morgan fingerprint density at radius 1 is 1.12 bits per heavy atom. The fourth-order valence-corrected chi connectivity index (χ4v) is 4.93. The molecule has 0 atom stereocenters. The summed E-state index contributed by atoms with van der Waals surface area (Å²) in [6, 6.07) is 11.6. The Morgan fingerprint density at radius 3 is 2.44 bits per heavy atom. The van der Waals surface area contributed by atoms with Crippen LogP contribution in [0.4, 0.5) is 11.4 Å². The molecule has 0 bridgehead atoms. The van der Waals surface area contributed by atoms with E-state index < -0.39 is 26.6 Å². The van der Waals surface area contributed by atoms with Gasteiger partial charge in [-0.25, -0.2) is 13.2 Å². The first kappa shape index (κ1) is 23.5. The average molecular weight is 503 g/mol. The van der Waals surface area contributed by atoms with Crippen molar-refractivity contribution in [2.45, 2.75) is 31.8 Å². The number of ether oxygens (including phenoxy) is 1. The van der Waals surface area contributed by atoms with Gasteiger partial charge in [-0.3, -0.25) is 14.8 Å². The Balaban J connectivity index is 1.91. The second-order valence-corrected chi connectivity index (χ2v) is 9.90. The molecule has 0 unspecified atom stereocenters. The van der Waals surface area contributed by atoms with E-state index in [0.717, 1.165) is 12.1 Å². The van der Waals surface area contributed by atoms with Crippen LogP contribution in [0.25, 0.3) is 21.7 Å². The second kappa shape index (κ2) is 8.62. The number of benzene rings is 3. The number of nitrogens with one attached hydrogen (secondary N) is 1. The van der Waals surface area contributed by atoms with E-state index in [2.05, 4.69) is 4.72 Å². The van der Waals surface area contributed by atoms with Crippen LogP contribution in [-0.2, 0) is 14.8 Å². The minimum atomic E-state index is -4.25. The van der Waals surface area contributed by atoms with Gasteiger partial charge in [-0.2, -0.15) is 0 Å². The number of carbonyl (C=O) groups is 1. The zero-order valence-electron chi connectivity index (χ0n) is 18.3. The van der Waals surface area contributed by atoms with Crippen LogP contribution in [-0.4, -0.2) is 25.4 Å². The van der Waals surface area contributed by atoms with Crippen molar-refractivity contribution >= 4 is 60.7 Å². The predicted octanol–water partition coefficient (Wildman–Crippen LogP) is 5.82. The molecule has 1 aromatic heterocycles. The first-order valence-electron chi connectivity index (χ1n) is 10.1. The van der Waals surface area contributed by atoms with Crippen LogP contribution >= 0.6 is 11.6 Å². The molecule has 34 heavy (non-hydrogen) atoms. The monoisotopic (exact) mass is 502 g/mol. The summed E-state index contributed by atoms with van der Waals surface area (Å²) >= 11 is 5.82. The van der Waals surface area contributed by atoms with Gasteiger partial charge < -0.3 is 9.15 Å². The highest BCUT2D eigenvalue weighted by atomic mass is 35.5. The molecule has 0 amide bonds. The number of hydrogen-bond donors (Lipinski definition) is 1. The third-order valence-electron chi connectivity index (χ3n) is 5.09. The molecule has 0 saturated carbocycles. The number of anilines is 1. The smallest absolute Gasteiger partial charge is 0.342 e. The van der Waals surface area contributed by atoms with E-state index in [1.807, 2.05) is 0 Å². The molecule has 176 valence electrons. The molecule has 11 heteroatoms. The maximum Gasteiger partial charge on any atom is 0.342 e. The maximum atomic E-state index is 13.1. The molecule has 1 N–H and O–H groups in total. The lowest BCUT2D eigenvalue weighted by atomic mass is 10.0. The van der Waals surface area contributed by atoms with Gasteiger partial charge in [0.15, 0.2) is 0 Å². The molecule has 4 rings (SSSR count). The summed E-state index contributed by atoms with van der Waals surface area (Å²) in [6.45, 7) is 5.06. The van der Waals surface area contributed by atoms with Crippen LogP contribution in [0.15, 0.2) is 57.8 Å². The molecule has 0 aliphatic rings. The van der Waals surface area contributed by atoms with E-state index in [9.17, 15) is 23.3 Å². The Labute approximate surface area is 199 Å². The molecule has 0 aliphatic heterocycles. The lowest BCUT2D eigenvalue weighted by Crippen LogP contribution is -2.14. The Kier molecular flexibility index (Phi) is 5.96. The predicted molar refractivity (Wildman–Crippen MR) is 128 cm³/mol. The third-order valence-corrected chi connectivity index (χ3v) is 6.77. The highest BCUT2D eigenvalue weighted by molar-refractivity contribution is 7.92. The molecule has 1 heterocycles. The molecule has 4 aromatic rings. The topological polar surface area (TPSA) is 129 Å². The average Bonchev–Trinajstić information content (AvgIpc) is 3.09. The van der Waals surface area contributed by atoms with E-state index in [4.69, 9.17) is 20.8 Å². The zero-order valence-corrected chi connectivity index (χ0v) is 19.9. The van der Waals surface area contributed by atoms with Crippen LogP contribution in [0.1, 0.15) is 30.0 Å². The molecular formula is C23H19ClN2O7S. The molecule has 0 spiro atoms. The van der Waals surface area contributed by atoms with Crippen molar-refractivity contribution in [1.82, 2.24) is 0 Å². The van der Waals surface area contributed by atoms with Crippen LogP contribution in [0.5, 0.6) is 0 Å². The number of nitro benzene ring substituents is 1. The standard InChI is InChI=1S/C23H19ClN2O7S/c1-12(2)32-23(27)21-13(3)33-22-16-7-5-4-6-15(16)19(11-17(21)22)25-34(30,31)14-8-9-18(24)20(10-14)26(28)29/h4-12,25H,1-3H3. The molecule has 0 fully saturated rings. The van der Waals surface area contributed by atoms with E-state index in [0.29, 0.717) is 27.5 Å². The van der Waals surface area contributed by atoms with Crippen LogP contribution in [0.2, 0.25) is 5.02 Å². The Morgan fingerprint density at radius 2 is 1.79 bits per heavy atom. The van der Waals surface area contributed by atoms with Crippen LogP contribution in [0.3, 0.4) is 0 Å². The van der Waals surface area contributed by atoms with E-state index >= 15 is 0 Å². The first-order valence-corrected chi connectivity index (χ1v) is 12.0. The SMILES string of the molecule is Cc1oc2c(cc(NS(=O)(=O)c3ccc(Cl)c([N+](=O)[O-])c3)c3ccccc32)c1C(=O)OC(C)C. The summed E-state index contributed by atoms with van der Waals surface area (Å²) in [5.41, 5.74) is 0.236. The molecule has 9 nitrogen and oxygen atoms in total. The van der Waals surface area contributed by atoms with E-state index in [1.165, 1.54) is 12.1 Å². The minimum absolute atomic E-state index is 0.167. The molecule has 0 radical (unpaired) electrons. The van der Waals surface area contributed by atoms with Crippen LogP contribution in [0, 0.1) is 17.0 Å². The minimum Gasteiger partial charge on any atom is -0.460 e. The number of aryl methyl sites for hydroxylation is 1. The van der Waals surface area contributed by atoms with E-state index in [1.54, 1.807) is 45.0 Å². The summed E-state index contributed by atoms with van der Waals surface area (Å²) in [5, 5.41) is 12.5. The van der Waals surface area contributed by atoms with Gasteiger partial charge in [-0.15, -0.1) is 0 Å². The van der Waals surface area contributed by atoms with Crippen molar-refractivity contribution in [1.29, 1.82) is 0 Å².